The van der Waals surface area contributed by atoms with Gasteiger partial charge in [-0.2, -0.15) is 0 Å². The number of ether oxygens (including phenoxy) is 1. The smallest absolute Gasteiger partial charge is 0.265 e. The minimum atomic E-state index is -3.68. The Morgan fingerprint density at radius 3 is 2.53 bits per heavy atom. The number of rotatable bonds is 9. The predicted molar refractivity (Wildman–Crippen MR) is 129 cm³/mol. The van der Waals surface area contributed by atoms with Crippen LogP contribution < -0.4 is 9.62 Å². The second-order valence-corrected chi connectivity index (χ2v) is 10.3. The van der Waals surface area contributed by atoms with Crippen LogP contribution >= 0.6 is 11.3 Å². The third-order valence-corrected chi connectivity index (χ3v) is 8.35. The topological polar surface area (TPSA) is 74.8 Å². The highest BCUT2D eigenvalue weighted by atomic mass is 32.2. The minimum Gasteiger partial charge on any atom is -0.379 e. The molecule has 1 fully saturated rings. The zero-order valence-electron chi connectivity index (χ0n) is 18.1. The summed E-state index contributed by atoms with van der Waals surface area (Å²) in [6.07, 6.45) is 1.43. The van der Waals surface area contributed by atoms with Crippen molar-refractivity contribution >= 4 is 32.9 Å². The van der Waals surface area contributed by atoms with Crippen molar-refractivity contribution in [2.75, 3.05) is 49.0 Å². The molecule has 9 heteroatoms. The summed E-state index contributed by atoms with van der Waals surface area (Å²) in [7, 11) is -3.68. The van der Waals surface area contributed by atoms with Crippen molar-refractivity contribution in [3.8, 4) is 0 Å². The van der Waals surface area contributed by atoms with Crippen molar-refractivity contribution < 1.29 is 13.2 Å². The first kappa shape index (κ1) is 22.7. The summed E-state index contributed by atoms with van der Waals surface area (Å²) < 4.78 is 33.2. The first-order valence-electron chi connectivity index (χ1n) is 10.7. The number of pyridine rings is 1. The lowest BCUT2D eigenvalue weighted by Gasteiger charge is -2.34. The van der Waals surface area contributed by atoms with E-state index in [0.717, 1.165) is 26.3 Å². The van der Waals surface area contributed by atoms with Gasteiger partial charge in [-0.1, -0.05) is 24.3 Å². The fraction of sp³-hybridized carbons (Fsp3) is 0.348. The van der Waals surface area contributed by atoms with Gasteiger partial charge in [-0.15, -0.1) is 11.3 Å². The lowest BCUT2D eigenvalue weighted by Crippen LogP contribution is -2.41. The average molecular weight is 473 g/mol. The second kappa shape index (κ2) is 10.4. The van der Waals surface area contributed by atoms with Crippen molar-refractivity contribution in [1.29, 1.82) is 0 Å². The molecule has 0 amide bonds. The van der Waals surface area contributed by atoms with Crippen LogP contribution in [0.1, 0.15) is 17.8 Å². The summed E-state index contributed by atoms with van der Waals surface area (Å²) in [5, 5.41) is 5.48. The standard InChI is InChI=1S/C23H28N4O3S2/c1-2-27(19-7-4-3-5-8-19)32(28,29)20-10-11-23(24-17-20)25-18-21(22-9-6-16-31-22)26-12-14-30-15-13-26/h3-11,16-17,21H,2,12-15,18H2,1H3,(H,24,25)/t21-/m0/s1. The summed E-state index contributed by atoms with van der Waals surface area (Å²) in [5.41, 5.74) is 0.640. The lowest BCUT2D eigenvalue weighted by molar-refractivity contribution is 0.0194. The molecule has 0 radical (unpaired) electrons. The van der Waals surface area contributed by atoms with Gasteiger partial charge in [-0.05, 0) is 42.6 Å². The number of anilines is 2. The van der Waals surface area contributed by atoms with Crippen LogP contribution in [0.5, 0.6) is 0 Å². The van der Waals surface area contributed by atoms with Gasteiger partial charge in [0.1, 0.15) is 10.7 Å². The van der Waals surface area contributed by atoms with E-state index in [9.17, 15) is 8.42 Å². The van der Waals surface area contributed by atoms with E-state index >= 15 is 0 Å². The Morgan fingerprint density at radius 2 is 1.91 bits per heavy atom. The molecule has 0 unspecified atom stereocenters. The van der Waals surface area contributed by atoms with Gasteiger partial charge in [0.15, 0.2) is 0 Å². The van der Waals surface area contributed by atoms with Crippen LogP contribution in [0.15, 0.2) is 71.1 Å². The maximum atomic E-state index is 13.2. The Bertz CT molecular complexity index is 1070. The lowest BCUT2D eigenvalue weighted by atomic mass is 10.2. The molecule has 1 aromatic carbocycles. The van der Waals surface area contributed by atoms with E-state index in [1.54, 1.807) is 35.6 Å². The van der Waals surface area contributed by atoms with E-state index in [0.29, 0.717) is 24.6 Å². The first-order valence-corrected chi connectivity index (χ1v) is 13.0. The summed E-state index contributed by atoms with van der Waals surface area (Å²) in [4.78, 5) is 8.28. The molecule has 0 spiro atoms. The number of morpholine rings is 1. The van der Waals surface area contributed by atoms with Gasteiger partial charge >= 0.3 is 0 Å². The normalized spacial score (nSPS) is 15.9. The van der Waals surface area contributed by atoms with Gasteiger partial charge in [0.05, 0.1) is 24.9 Å². The molecule has 1 aliphatic heterocycles. The SMILES string of the molecule is CCN(c1ccccc1)S(=O)(=O)c1ccc(NC[C@@H](c2cccs2)N2CCOCC2)nc1. The molecule has 0 bridgehead atoms. The Morgan fingerprint density at radius 1 is 1.12 bits per heavy atom. The summed E-state index contributed by atoms with van der Waals surface area (Å²) in [5.74, 6) is 0.654. The summed E-state index contributed by atoms with van der Waals surface area (Å²) in [6, 6.07) is 16.9. The molecule has 170 valence electrons. The molecule has 32 heavy (non-hydrogen) atoms. The first-order chi connectivity index (χ1) is 15.6. The van der Waals surface area contributed by atoms with Gasteiger partial charge in [-0.3, -0.25) is 9.21 Å². The van der Waals surface area contributed by atoms with Crippen LogP contribution in [0.3, 0.4) is 0 Å². The zero-order chi connectivity index (χ0) is 22.4. The van der Waals surface area contributed by atoms with Gasteiger partial charge in [0.25, 0.3) is 10.0 Å². The molecule has 1 N–H and O–H groups in total. The van der Waals surface area contributed by atoms with Crippen LogP contribution in [0.25, 0.3) is 0 Å². The minimum absolute atomic E-state index is 0.178. The maximum Gasteiger partial charge on any atom is 0.265 e. The van der Waals surface area contributed by atoms with E-state index in [-0.39, 0.29) is 10.9 Å². The molecule has 7 nitrogen and oxygen atoms in total. The van der Waals surface area contributed by atoms with Crippen molar-refractivity contribution in [3.05, 3.63) is 71.1 Å². The number of sulfonamides is 1. The van der Waals surface area contributed by atoms with Crippen molar-refractivity contribution in [2.24, 2.45) is 0 Å². The van der Waals surface area contributed by atoms with Crippen LogP contribution in [-0.4, -0.2) is 57.7 Å². The number of hydrogen-bond donors (Lipinski definition) is 1. The van der Waals surface area contributed by atoms with Crippen LogP contribution in [-0.2, 0) is 14.8 Å². The Hall–Kier alpha value is -2.46. The largest absolute Gasteiger partial charge is 0.379 e. The second-order valence-electron chi connectivity index (χ2n) is 7.44. The van der Waals surface area contributed by atoms with Crippen LogP contribution in [0.2, 0.25) is 0 Å². The fourth-order valence-electron chi connectivity index (χ4n) is 3.83. The fourth-order valence-corrected chi connectivity index (χ4v) is 6.11. The average Bonchev–Trinajstić information content (AvgIpc) is 3.36. The molecule has 3 aromatic rings. The van der Waals surface area contributed by atoms with Gasteiger partial charge in [-0.25, -0.2) is 13.4 Å². The number of thiophene rings is 1. The molecule has 4 rings (SSSR count). The molecule has 3 heterocycles. The molecular weight excluding hydrogens is 444 g/mol. The quantitative estimate of drug-likeness (QED) is 0.510. The summed E-state index contributed by atoms with van der Waals surface area (Å²) >= 11 is 1.74. The molecule has 1 aliphatic rings. The highest BCUT2D eigenvalue weighted by molar-refractivity contribution is 7.92. The Labute approximate surface area is 193 Å². The number of aromatic nitrogens is 1. The molecule has 0 saturated carbocycles. The van der Waals surface area contributed by atoms with E-state index in [1.807, 2.05) is 25.1 Å². The van der Waals surface area contributed by atoms with Crippen molar-refractivity contribution in [3.63, 3.8) is 0 Å². The van der Waals surface area contributed by atoms with Gasteiger partial charge in [0, 0.05) is 37.3 Å². The maximum absolute atomic E-state index is 13.2. The van der Waals surface area contributed by atoms with Crippen LogP contribution in [0, 0.1) is 0 Å². The van der Waals surface area contributed by atoms with E-state index in [1.165, 1.54) is 15.4 Å². The van der Waals surface area contributed by atoms with E-state index in [4.69, 9.17) is 4.74 Å². The van der Waals surface area contributed by atoms with Crippen molar-refractivity contribution in [2.45, 2.75) is 17.9 Å². The molecule has 1 saturated heterocycles. The zero-order valence-corrected chi connectivity index (χ0v) is 19.7. The van der Waals surface area contributed by atoms with Crippen molar-refractivity contribution in [1.82, 2.24) is 9.88 Å². The molecule has 0 aliphatic carbocycles. The third kappa shape index (κ3) is 5.12. The number of benzene rings is 1. The Balaban J connectivity index is 1.47. The molecular formula is C23H28N4O3S2. The number of nitrogens with zero attached hydrogens (tertiary/aromatic N) is 3. The van der Waals surface area contributed by atoms with E-state index < -0.39 is 10.0 Å². The summed E-state index contributed by atoms with van der Waals surface area (Å²) in [6.45, 7) is 6.11. The van der Waals surface area contributed by atoms with Crippen LogP contribution in [0.4, 0.5) is 11.5 Å². The molecule has 1 atom stereocenters. The van der Waals surface area contributed by atoms with Gasteiger partial charge < -0.3 is 10.1 Å². The highest BCUT2D eigenvalue weighted by Crippen LogP contribution is 2.27. The number of hydrogen-bond acceptors (Lipinski definition) is 7. The van der Waals surface area contributed by atoms with E-state index in [2.05, 4.69) is 32.7 Å². The Kier molecular flexibility index (Phi) is 7.41. The predicted octanol–water partition coefficient (Wildman–Crippen LogP) is 3.84. The molecule has 2 aromatic heterocycles. The highest BCUT2D eigenvalue weighted by Gasteiger charge is 2.25. The third-order valence-electron chi connectivity index (χ3n) is 5.49. The monoisotopic (exact) mass is 472 g/mol. The number of para-hydroxylation sites is 1. The van der Waals surface area contributed by atoms with Gasteiger partial charge in [0.2, 0.25) is 0 Å². The number of nitrogens with one attached hydrogen (secondary N) is 1.